The predicted molar refractivity (Wildman–Crippen MR) is 131 cm³/mol. The Bertz CT molecular complexity index is 832. The zero-order valence-corrected chi connectivity index (χ0v) is 19.8. The van der Waals surface area contributed by atoms with E-state index >= 15 is 0 Å². The first-order valence-corrected chi connectivity index (χ1v) is 12.1. The summed E-state index contributed by atoms with van der Waals surface area (Å²) < 4.78 is 0. The van der Waals surface area contributed by atoms with Crippen LogP contribution in [0.1, 0.15) is 29.5 Å². The van der Waals surface area contributed by atoms with Crippen molar-refractivity contribution >= 4 is 0 Å². The Labute approximate surface area is 189 Å². The van der Waals surface area contributed by atoms with Crippen molar-refractivity contribution in [1.29, 1.82) is 0 Å². The molecule has 4 heteroatoms. The molecule has 0 unspecified atom stereocenters. The van der Waals surface area contributed by atoms with Crippen LogP contribution in [0, 0.1) is 6.92 Å². The van der Waals surface area contributed by atoms with Gasteiger partial charge in [0, 0.05) is 39.3 Å². The highest BCUT2D eigenvalue weighted by Gasteiger charge is 2.14. The second-order valence-corrected chi connectivity index (χ2v) is 9.70. The van der Waals surface area contributed by atoms with Gasteiger partial charge >= 0.3 is 0 Å². The van der Waals surface area contributed by atoms with Crippen LogP contribution < -0.4 is 0 Å². The lowest BCUT2D eigenvalue weighted by atomic mass is 9.98. The van der Waals surface area contributed by atoms with E-state index in [4.69, 9.17) is 0 Å². The third-order valence-corrected chi connectivity index (χ3v) is 7.05. The van der Waals surface area contributed by atoms with Crippen LogP contribution in [0.25, 0.3) is 11.1 Å². The number of hydrogen-bond acceptors (Lipinski definition) is 4. The summed E-state index contributed by atoms with van der Waals surface area (Å²) in [7, 11) is 4.47. The lowest BCUT2D eigenvalue weighted by molar-refractivity contribution is 0.269. The average molecular weight is 421 g/mol. The molecule has 0 aliphatic carbocycles. The molecule has 4 nitrogen and oxygen atoms in total. The van der Waals surface area contributed by atoms with E-state index in [1.54, 1.807) is 0 Å². The lowest BCUT2D eigenvalue weighted by Crippen LogP contribution is -2.28. The van der Waals surface area contributed by atoms with E-state index in [9.17, 15) is 0 Å². The van der Waals surface area contributed by atoms with Gasteiger partial charge in [-0.2, -0.15) is 0 Å². The molecule has 0 atom stereocenters. The number of rotatable bonds is 5. The Morgan fingerprint density at radius 2 is 1.19 bits per heavy atom. The molecule has 4 rings (SSSR count). The molecular formula is C27H40N4. The first-order chi connectivity index (χ1) is 15.1. The van der Waals surface area contributed by atoms with Crippen molar-refractivity contribution in [3.05, 3.63) is 59.2 Å². The van der Waals surface area contributed by atoms with Gasteiger partial charge in [0.25, 0.3) is 0 Å². The summed E-state index contributed by atoms with van der Waals surface area (Å²) in [5, 5.41) is 0. The molecular weight excluding hydrogens is 380 g/mol. The van der Waals surface area contributed by atoms with E-state index in [1.165, 1.54) is 93.0 Å². The third kappa shape index (κ3) is 6.39. The molecule has 2 aromatic rings. The summed E-state index contributed by atoms with van der Waals surface area (Å²) >= 11 is 0. The molecule has 168 valence electrons. The first-order valence-electron chi connectivity index (χ1n) is 12.1. The van der Waals surface area contributed by atoms with E-state index in [0.29, 0.717) is 0 Å². The van der Waals surface area contributed by atoms with Crippen LogP contribution in [0.15, 0.2) is 42.5 Å². The van der Waals surface area contributed by atoms with Crippen molar-refractivity contribution < 1.29 is 0 Å². The highest BCUT2D eigenvalue weighted by atomic mass is 15.2. The molecule has 0 aromatic heterocycles. The summed E-state index contributed by atoms with van der Waals surface area (Å²) in [6, 6.07) is 16.3. The smallest absolute Gasteiger partial charge is 0.0236 e. The maximum Gasteiger partial charge on any atom is 0.0236 e. The fourth-order valence-corrected chi connectivity index (χ4v) is 4.87. The molecule has 2 heterocycles. The molecule has 2 aliphatic rings. The molecule has 2 aliphatic heterocycles. The van der Waals surface area contributed by atoms with Gasteiger partial charge in [-0.25, -0.2) is 0 Å². The molecule has 0 spiro atoms. The molecule has 31 heavy (non-hydrogen) atoms. The number of aryl methyl sites for hydroxylation is 1. The van der Waals surface area contributed by atoms with Crippen molar-refractivity contribution in [2.75, 3.05) is 66.5 Å². The topological polar surface area (TPSA) is 13.0 Å². The van der Waals surface area contributed by atoms with Crippen molar-refractivity contribution in [1.82, 2.24) is 19.6 Å². The third-order valence-electron chi connectivity index (χ3n) is 7.05. The van der Waals surface area contributed by atoms with Gasteiger partial charge in [-0.05, 0) is 87.9 Å². The maximum atomic E-state index is 2.61. The molecule has 0 saturated carbocycles. The monoisotopic (exact) mass is 420 g/mol. The Balaban J connectivity index is 1.37. The van der Waals surface area contributed by atoms with Crippen molar-refractivity contribution in [3.8, 4) is 11.1 Å². The maximum absolute atomic E-state index is 2.61. The molecule has 2 saturated heterocycles. The highest BCUT2D eigenvalue weighted by Crippen LogP contribution is 2.24. The van der Waals surface area contributed by atoms with E-state index in [0.717, 1.165) is 13.1 Å². The van der Waals surface area contributed by atoms with Gasteiger partial charge in [-0.15, -0.1) is 0 Å². The molecule has 2 aromatic carbocycles. The predicted octanol–water partition coefficient (Wildman–Crippen LogP) is 3.94. The van der Waals surface area contributed by atoms with E-state index in [2.05, 4.69) is 83.1 Å². The van der Waals surface area contributed by atoms with Crippen LogP contribution in [0.5, 0.6) is 0 Å². The molecule has 0 radical (unpaired) electrons. The van der Waals surface area contributed by atoms with Gasteiger partial charge in [0.2, 0.25) is 0 Å². The van der Waals surface area contributed by atoms with Crippen molar-refractivity contribution in [2.24, 2.45) is 0 Å². The van der Waals surface area contributed by atoms with Gasteiger partial charge in [0.1, 0.15) is 0 Å². The van der Waals surface area contributed by atoms with Crippen LogP contribution in [-0.2, 0) is 13.1 Å². The summed E-state index contributed by atoms with van der Waals surface area (Å²) in [4.78, 5) is 10.1. The number of likely N-dealkylation sites (N-methyl/N-ethyl adjacent to an activating group) is 2. The Hall–Kier alpha value is -1.72. The molecule has 0 amide bonds. The van der Waals surface area contributed by atoms with E-state index in [1.807, 2.05) is 0 Å². The summed E-state index contributed by atoms with van der Waals surface area (Å²) in [5.74, 6) is 0. The fourth-order valence-electron chi connectivity index (χ4n) is 4.87. The summed E-state index contributed by atoms with van der Waals surface area (Å²) in [5.41, 5.74) is 6.96. The average Bonchev–Trinajstić information content (AvgIpc) is 3.10. The van der Waals surface area contributed by atoms with Gasteiger partial charge < -0.3 is 9.80 Å². The molecule has 0 bridgehead atoms. The van der Waals surface area contributed by atoms with Gasteiger partial charge in [0.05, 0.1) is 0 Å². The SMILES string of the molecule is Cc1cc(-c2ccc(CN3CCCN(C)CC3)cc2)ccc1CN1CCCN(C)CC1. The fraction of sp³-hybridized carbons (Fsp3) is 0.556. The first kappa shape index (κ1) is 22.5. The minimum atomic E-state index is 1.07. The quantitative estimate of drug-likeness (QED) is 0.726. The van der Waals surface area contributed by atoms with Gasteiger partial charge in [0.15, 0.2) is 0 Å². The van der Waals surface area contributed by atoms with E-state index < -0.39 is 0 Å². The Morgan fingerprint density at radius 3 is 1.81 bits per heavy atom. The molecule has 0 N–H and O–H groups in total. The highest BCUT2D eigenvalue weighted by molar-refractivity contribution is 5.65. The zero-order valence-electron chi connectivity index (χ0n) is 19.8. The zero-order chi connectivity index (χ0) is 21.6. The normalized spacial score (nSPS) is 20.5. The lowest BCUT2D eigenvalue weighted by Gasteiger charge is -2.21. The Morgan fingerprint density at radius 1 is 0.613 bits per heavy atom. The number of nitrogens with zero attached hydrogens (tertiary/aromatic N) is 4. The minimum Gasteiger partial charge on any atom is -0.305 e. The summed E-state index contributed by atoms with van der Waals surface area (Å²) in [6.07, 6.45) is 2.54. The standard InChI is InChI=1S/C27H40N4/c1-23-20-26(10-11-27(23)22-31-15-5-13-29(3)17-19-31)25-8-6-24(7-9-25)21-30-14-4-12-28(2)16-18-30/h6-11,20H,4-5,12-19,21-22H2,1-3H3. The second kappa shape index (κ2) is 10.7. The number of hydrogen-bond donors (Lipinski definition) is 0. The minimum absolute atomic E-state index is 1.07. The van der Waals surface area contributed by atoms with E-state index in [-0.39, 0.29) is 0 Å². The van der Waals surface area contributed by atoms with Crippen LogP contribution in [-0.4, -0.2) is 86.1 Å². The largest absolute Gasteiger partial charge is 0.305 e. The van der Waals surface area contributed by atoms with Crippen LogP contribution in [0.2, 0.25) is 0 Å². The van der Waals surface area contributed by atoms with Gasteiger partial charge in [-0.3, -0.25) is 9.80 Å². The van der Waals surface area contributed by atoms with Crippen molar-refractivity contribution in [3.63, 3.8) is 0 Å². The second-order valence-electron chi connectivity index (χ2n) is 9.70. The van der Waals surface area contributed by atoms with Crippen LogP contribution in [0.4, 0.5) is 0 Å². The number of benzene rings is 2. The molecule has 2 fully saturated rings. The van der Waals surface area contributed by atoms with Crippen molar-refractivity contribution in [2.45, 2.75) is 32.9 Å². The van der Waals surface area contributed by atoms with Crippen LogP contribution >= 0.6 is 0 Å². The summed E-state index contributed by atoms with van der Waals surface area (Å²) in [6.45, 7) is 14.0. The Kier molecular flexibility index (Phi) is 7.78. The van der Waals surface area contributed by atoms with Gasteiger partial charge in [-0.1, -0.05) is 42.5 Å². The van der Waals surface area contributed by atoms with Crippen LogP contribution in [0.3, 0.4) is 0 Å².